The molecule has 0 radical (unpaired) electrons. The number of amides is 1. The summed E-state index contributed by atoms with van der Waals surface area (Å²) in [6.45, 7) is 11.6. The highest BCUT2D eigenvalue weighted by atomic mass is 16.2. The summed E-state index contributed by atoms with van der Waals surface area (Å²) in [7, 11) is 3.87. The topological polar surface area (TPSA) is 35.6 Å². The smallest absolute Gasteiger partial charge is 0.239 e. The molecule has 0 aromatic rings. The van der Waals surface area contributed by atoms with E-state index in [1.165, 1.54) is 0 Å². The van der Waals surface area contributed by atoms with E-state index < -0.39 is 0 Å². The minimum Gasteiger partial charge on any atom is -0.344 e. The number of rotatable bonds is 4. The van der Waals surface area contributed by atoms with E-state index in [9.17, 15) is 4.79 Å². The van der Waals surface area contributed by atoms with E-state index in [4.69, 9.17) is 0 Å². The van der Waals surface area contributed by atoms with Crippen molar-refractivity contribution >= 4 is 5.91 Å². The molecule has 0 spiro atoms. The van der Waals surface area contributed by atoms with E-state index >= 15 is 0 Å². The Kier molecular flexibility index (Phi) is 5.17. The van der Waals surface area contributed by atoms with E-state index in [1.807, 2.05) is 19.0 Å². The van der Waals surface area contributed by atoms with Gasteiger partial charge in [-0.2, -0.15) is 0 Å². The van der Waals surface area contributed by atoms with Crippen LogP contribution in [-0.4, -0.2) is 61.5 Å². The minimum absolute atomic E-state index is 0.0178. The van der Waals surface area contributed by atoms with Crippen LogP contribution in [0.1, 0.15) is 34.1 Å². The first-order valence-electron chi connectivity index (χ1n) is 6.94. The monoisotopic (exact) mass is 255 g/mol. The molecule has 1 atom stereocenters. The Labute approximate surface area is 112 Å². The average Bonchev–Trinajstić information content (AvgIpc) is 2.33. The number of hydrogen-bond acceptors (Lipinski definition) is 3. The van der Waals surface area contributed by atoms with E-state index in [-0.39, 0.29) is 17.4 Å². The number of carbonyl (C=O) groups is 1. The lowest BCUT2D eigenvalue weighted by Gasteiger charge is -2.35. The van der Waals surface area contributed by atoms with Gasteiger partial charge in [-0.25, -0.2) is 0 Å². The fourth-order valence-electron chi connectivity index (χ4n) is 2.88. The van der Waals surface area contributed by atoms with Gasteiger partial charge in [0.05, 0.1) is 6.04 Å². The van der Waals surface area contributed by atoms with Crippen molar-refractivity contribution in [1.29, 1.82) is 0 Å². The van der Waals surface area contributed by atoms with Crippen LogP contribution in [0, 0.1) is 5.41 Å². The highest BCUT2D eigenvalue weighted by Crippen LogP contribution is 2.27. The van der Waals surface area contributed by atoms with E-state index in [0.29, 0.717) is 6.04 Å². The van der Waals surface area contributed by atoms with Gasteiger partial charge in [-0.05, 0) is 39.3 Å². The van der Waals surface area contributed by atoms with Gasteiger partial charge in [0, 0.05) is 26.2 Å². The maximum absolute atomic E-state index is 12.5. The molecule has 4 heteroatoms. The number of nitrogens with one attached hydrogen (secondary N) is 1. The minimum atomic E-state index is 0.0178. The van der Waals surface area contributed by atoms with Crippen LogP contribution in [-0.2, 0) is 4.79 Å². The van der Waals surface area contributed by atoms with Gasteiger partial charge in [-0.1, -0.05) is 13.8 Å². The van der Waals surface area contributed by atoms with Crippen LogP contribution >= 0.6 is 0 Å². The molecule has 1 aliphatic rings. The summed E-state index contributed by atoms with van der Waals surface area (Å²) in [4.78, 5) is 16.8. The number of hydrogen-bond donors (Lipinski definition) is 1. The van der Waals surface area contributed by atoms with Crippen molar-refractivity contribution in [2.75, 3.05) is 33.7 Å². The third kappa shape index (κ3) is 3.69. The molecule has 1 saturated heterocycles. The fraction of sp³-hybridized carbons (Fsp3) is 0.929. The lowest BCUT2D eigenvalue weighted by atomic mass is 9.92. The molecule has 4 nitrogen and oxygen atoms in total. The zero-order valence-electron chi connectivity index (χ0n) is 12.8. The zero-order chi connectivity index (χ0) is 13.9. The SMILES string of the molecule is CNCCC1C(=O)N(C)CC(C)(C)CN1C(C)C. The summed E-state index contributed by atoms with van der Waals surface area (Å²) in [6.07, 6.45) is 0.883. The van der Waals surface area contributed by atoms with E-state index in [1.54, 1.807) is 0 Å². The Morgan fingerprint density at radius 3 is 2.50 bits per heavy atom. The van der Waals surface area contributed by atoms with Crippen molar-refractivity contribution in [3.8, 4) is 0 Å². The molecule has 1 fully saturated rings. The third-order valence-electron chi connectivity index (χ3n) is 3.67. The molecule has 1 heterocycles. The van der Waals surface area contributed by atoms with Gasteiger partial charge < -0.3 is 10.2 Å². The summed E-state index contributed by atoms with van der Waals surface area (Å²) in [5, 5.41) is 3.15. The van der Waals surface area contributed by atoms with Gasteiger partial charge in [0.2, 0.25) is 5.91 Å². The predicted octanol–water partition coefficient (Wildman–Crippen LogP) is 1.17. The molecule has 18 heavy (non-hydrogen) atoms. The lowest BCUT2D eigenvalue weighted by Crippen LogP contribution is -2.49. The van der Waals surface area contributed by atoms with Crippen molar-refractivity contribution in [3.05, 3.63) is 0 Å². The summed E-state index contributed by atoms with van der Waals surface area (Å²) in [5.74, 6) is 0.268. The van der Waals surface area contributed by atoms with Crippen LogP contribution in [0.3, 0.4) is 0 Å². The second-order valence-corrected chi connectivity index (χ2v) is 6.53. The third-order valence-corrected chi connectivity index (χ3v) is 3.67. The molecule has 0 bridgehead atoms. The lowest BCUT2D eigenvalue weighted by molar-refractivity contribution is -0.135. The zero-order valence-corrected chi connectivity index (χ0v) is 12.8. The molecule has 0 aliphatic carbocycles. The van der Waals surface area contributed by atoms with Gasteiger partial charge in [0.25, 0.3) is 0 Å². The second kappa shape index (κ2) is 6.02. The Hall–Kier alpha value is -0.610. The summed E-state index contributed by atoms with van der Waals surface area (Å²) >= 11 is 0. The van der Waals surface area contributed by atoms with Crippen molar-refractivity contribution in [2.24, 2.45) is 5.41 Å². The quantitative estimate of drug-likeness (QED) is 0.819. The molecule has 0 aromatic heterocycles. The average molecular weight is 255 g/mol. The van der Waals surface area contributed by atoms with E-state index in [0.717, 1.165) is 26.1 Å². The first-order chi connectivity index (χ1) is 8.28. The number of nitrogens with zero attached hydrogens (tertiary/aromatic N) is 2. The number of likely N-dealkylation sites (N-methyl/N-ethyl adjacent to an activating group) is 1. The van der Waals surface area contributed by atoms with E-state index in [2.05, 4.69) is 37.9 Å². The molecule has 1 rings (SSSR count). The van der Waals surface area contributed by atoms with Crippen molar-refractivity contribution < 1.29 is 4.79 Å². The van der Waals surface area contributed by atoms with Crippen LogP contribution in [0.4, 0.5) is 0 Å². The number of carbonyl (C=O) groups excluding carboxylic acids is 1. The first-order valence-corrected chi connectivity index (χ1v) is 6.94. The van der Waals surface area contributed by atoms with Gasteiger partial charge in [0.1, 0.15) is 0 Å². The van der Waals surface area contributed by atoms with Gasteiger partial charge in [-0.15, -0.1) is 0 Å². The molecular formula is C14H29N3O. The summed E-state index contributed by atoms with van der Waals surface area (Å²) in [6, 6.07) is 0.422. The molecule has 106 valence electrons. The predicted molar refractivity (Wildman–Crippen MR) is 75.6 cm³/mol. The normalized spacial score (nSPS) is 25.6. The molecule has 1 aliphatic heterocycles. The molecular weight excluding hydrogens is 226 g/mol. The van der Waals surface area contributed by atoms with Crippen LogP contribution in [0.2, 0.25) is 0 Å². The van der Waals surface area contributed by atoms with Crippen LogP contribution < -0.4 is 5.32 Å². The van der Waals surface area contributed by atoms with Crippen LogP contribution in [0.5, 0.6) is 0 Å². The summed E-state index contributed by atoms with van der Waals surface area (Å²) < 4.78 is 0. The molecule has 1 unspecified atom stereocenters. The van der Waals surface area contributed by atoms with Crippen molar-refractivity contribution in [1.82, 2.24) is 15.1 Å². The van der Waals surface area contributed by atoms with Crippen molar-refractivity contribution in [2.45, 2.75) is 46.2 Å². The van der Waals surface area contributed by atoms with Crippen LogP contribution in [0.15, 0.2) is 0 Å². The highest BCUT2D eigenvalue weighted by Gasteiger charge is 2.38. The highest BCUT2D eigenvalue weighted by molar-refractivity contribution is 5.82. The Morgan fingerprint density at radius 1 is 1.39 bits per heavy atom. The maximum Gasteiger partial charge on any atom is 0.239 e. The maximum atomic E-state index is 12.5. The largest absolute Gasteiger partial charge is 0.344 e. The molecule has 0 aromatic carbocycles. The Bertz CT molecular complexity index is 289. The molecule has 1 N–H and O–H groups in total. The first kappa shape index (κ1) is 15.4. The van der Waals surface area contributed by atoms with Gasteiger partial charge in [0.15, 0.2) is 0 Å². The Morgan fingerprint density at radius 2 is 2.00 bits per heavy atom. The fourth-order valence-corrected chi connectivity index (χ4v) is 2.88. The van der Waals surface area contributed by atoms with Crippen LogP contribution in [0.25, 0.3) is 0 Å². The second-order valence-electron chi connectivity index (χ2n) is 6.53. The molecule has 1 amide bonds. The van der Waals surface area contributed by atoms with Gasteiger partial charge in [-0.3, -0.25) is 9.69 Å². The molecule has 0 saturated carbocycles. The van der Waals surface area contributed by atoms with Gasteiger partial charge >= 0.3 is 0 Å². The standard InChI is InChI=1S/C14H29N3O/c1-11(2)17-10-14(3,4)9-16(6)13(18)12(17)7-8-15-5/h11-12,15H,7-10H2,1-6H3. The summed E-state index contributed by atoms with van der Waals surface area (Å²) in [5.41, 5.74) is 0.156. The Balaban J connectivity index is 2.95. The van der Waals surface area contributed by atoms with Crippen molar-refractivity contribution in [3.63, 3.8) is 0 Å².